The fourth-order valence-electron chi connectivity index (χ4n) is 4.54. The SMILES string of the molecule is COc1ccc(N2C(=O)C(=O)/C(=C(\O)c3ccc4c(c3)CC(C)O4)C2c2ccc(O)cc2)cc1. The number of fused-ring (bicyclic) bond motifs is 1. The monoisotopic (exact) mass is 457 g/mol. The number of methoxy groups -OCH3 is 1. The Morgan fingerprint density at radius 3 is 2.41 bits per heavy atom. The Morgan fingerprint density at radius 2 is 1.74 bits per heavy atom. The van der Waals surface area contributed by atoms with Gasteiger partial charge in [-0.05, 0) is 72.6 Å². The number of nitrogens with zero attached hydrogens (tertiary/aromatic N) is 1. The summed E-state index contributed by atoms with van der Waals surface area (Å²) in [4.78, 5) is 27.8. The largest absolute Gasteiger partial charge is 0.508 e. The Kier molecular flexibility index (Phi) is 5.24. The number of carbonyl (C=O) groups is 2. The smallest absolute Gasteiger partial charge is 0.300 e. The Morgan fingerprint density at radius 1 is 1.03 bits per heavy atom. The molecule has 7 heteroatoms. The van der Waals surface area contributed by atoms with Crippen molar-refractivity contribution in [2.24, 2.45) is 0 Å². The van der Waals surface area contributed by atoms with Crippen molar-refractivity contribution in [3.63, 3.8) is 0 Å². The van der Waals surface area contributed by atoms with Crippen LogP contribution in [0.15, 0.2) is 72.3 Å². The molecule has 172 valence electrons. The molecule has 0 radical (unpaired) electrons. The van der Waals surface area contributed by atoms with Crippen LogP contribution in [0.5, 0.6) is 17.2 Å². The highest BCUT2D eigenvalue weighted by molar-refractivity contribution is 6.51. The Labute approximate surface area is 196 Å². The zero-order valence-electron chi connectivity index (χ0n) is 18.7. The first-order chi connectivity index (χ1) is 16.4. The van der Waals surface area contributed by atoms with E-state index in [0.29, 0.717) is 29.0 Å². The number of aliphatic hydroxyl groups is 1. The molecule has 0 spiro atoms. The van der Waals surface area contributed by atoms with Gasteiger partial charge in [0.05, 0.1) is 18.7 Å². The lowest BCUT2D eigenvalue weighted by Crippen LogP contribution is -2.29. The van der Waals surface area contributed by atoms with Crippen LogP contribution in [0.2, 0.25) is 0 Å². The molecular weight excluding hydrogens is 434 g/mol. The van der Waals surface area contributed by atoms with Gasteiger partial charge in [-0.2, -0.15) is 0 Å². The molecular formula is C27H23NO6. The van der Waals surface area contributed by atoms with Gasteiger partial charge in [-0.15, -0.1) is 0 Å². The van der Waals surface area contributed by atoms with Crippen LogP contribution < -0.4 is 14.4 Å². The van der Waals surface area contributed by atoms with Crippen LogP contribution >= 0.6 is 0 Å². The molecule has 7 nitrogen and oxygen atoms in total. The molecule has 3 aromatic carbocycles. The van der Waals surface area contributed by atoms with Crippen LogP contribution in [-0.4, -0.2) is 35.1 Å². The lowest BCUT2D eigenvalue weighted by molar-refractivity contribution is -0.132. The summed E-state index contributed by atoms with van der Waals surface area (Å²) < 4.78 is 10.9. The Balaban J connectivity index is 1.67. The standard InChI is InChI=1S/C27H23NO6/c1-15-13-18-14-17(5-12-22(18)34-15)25(30)23-24(16-3-8-20(29)9-4-16)28(27(32)26(23)31)19-6-10-21(33-2)11-7-19/h3-12,14-15,24,29-30H,13H2,1-2H3/b25-23-. The molecule has 1 amide bonds. The molecule has 1 saturated heterocycles. The summed E-state index contributed by atoms with van der Waals surface area (Å²) in [6, 6.07) is 17.4. The molecule has 2 N–H and O–H groups in total. The molecule has 2 aliphatic rings. The highest BCUT2D eigenvalue weighted by atomic mass is 16.5. The molecule has 5 rings (SSSR count). The summed E-state index contributed by atoms with van der Waals surface area (Å²) in [7, 11) is 1.54. The predicted octanol–water partition coefficient (Wildman–Crippen LogP) is 4.35. The highest BCUT2D eigenvalue weighted by Crippen LogP contribution is 2.43. The van der Waals surface area contributed by atoms with Crippen LogP contribution in [0.25, 0.3) is 5.76 Å². The number of Topliss-reactive ketones (excluding diaryl/α,β-unsaturated/α-hetero) is 1. The van der Waals surface area contributed by atoms with Crippen molar-refractivity contribution in [1.29, 1.82) is 0 Å². The Bertz CT molecular complexity index is 1310. The summed E-state index contributed by atoms with van der Waals surface area (Å²) >= 11 is 0. The van der Waals surface area contributed by atoms with Gasteiger partial charge in [-0.3, -0.25) is 14.5 Å². The second-order valence-electron chi connectivity index (χ2n) is 8.41. The van der Waals surface area contributed by atoms with Gasteiger partial charge >= 0.3 is 0 Å². The second kappa shape index (κ2) is 8.26. The van der Waals surface area contributed by atoms with E-state index in [1.165, 1.54) is 17.0 Å². The van der Waals surface area contributed by atoms with Gasteiger partial charge in [0.2, 0.25) is 0 Å². The zero-order chi connectivity index (χ0) is 24.0. The number of ether oxygens (including phenoxy) is 2. The minimum Gasteiger partial charge on any atom is -0.508 e. The number of benzene rings is 3. The fourth-order valence-corrected chi connectivity index (χ4v) is 4.54. The maximum absolute atomic E-state index is 13.3. The highest BCUT2D eigenvalue weighted by Gasteiger charge is 2.47. The minimum atomic E-state index is -0.877. The second-order valence-corrected chi connectivity index (χ2v) is 8.41. The van der Waals surface area contributed by atoms with Crippen LogP contribution in [0.3, 0.4) is 0 Å². The molecule has 1 fully saturated rings. The third-order valence-corrected chi connectivity index (χ3v) is 6.17. The summed E-state index contributed by atoms with van der Waals surface area (Å²) in [6.45, 7) is 1.96. The topological polar surface area (TPSA) is 96.3 Å². The first kappa shape index (κ1) is 21.6. The molecule has 0 aromatic heterocycles. The summed E-state index contributed by atoms with van der Waals surface area (Å²) in [5.41, 5.74) is 2.41. The number of hydrogen-bond acceptors (Lipinski definition) is 6. The maximum Gasteiger partial charge on any atom is 0.300 e. The van der Waals surface area contributed by atoms with Crippen LogP contribution in [0.1, 0.15) is 29.7 Å². The van der Waals surface area contributed by atoms with E-state index >= 15 is 0 Å². The normalized spacial score (nSPS) is 20.8. The van der Waals surface area contributed by atoms with E-state index in [1.54, 1.807) is 61.7 Å². The van der Waals surface area contributed by atoms with Crippen molar-refractivity contribution >= 4 is 23.1 Å². The average molecular weight is 457 g/mol. The summed E-state index contributed by atoms with van der Waals surface area (Å²) in [5.74, 6) is -0.374. The molecule has 0 bridgehead atoms. The van der Waals surface area contributed by atoms with Crippen molar-refractivity contribution in [1.82, 2.24) is 0 Å². The van der Waals surface area contributed by atoms with Crippen LogP contribution in [0.4, 0.5) is 5.69 Å². The van der Waals surface area contributed by atoms with Gasteiger partial charge in [0, 0.05) is 17.7 Å². The van der Waals surface area contributed by atoms with Crippen molar-refractivity contribution < 1.29 is 29.3 Å². The number of amides is 1. The number of hydrogen-bond donors (Lipinski definition) is 2. The predicted molar refractivity (Wildman–Crippen MR) is 126 cm³/mol. The number of carbonyl (C=O) groups excluding carboxylic acids is 2. The van der Waals surface area contributed by atoms with E-state index in [4.69, 9.17) is 9.47 Å². The van der Waals surface area contributed by atoms with Gasteiger partial charge in [-0.1, -0.05) is 12.1 Å². The average Bonchev–Trinajstić information content (AvgIpc) is 3.34. The van der Waals surface area contributed by atoms with Gasteiger partial charge in [0.25, 0.3) is 11.7 Å². The van der Waals surface area contributed by atoms with E-state index < -0.39 is 17.7 Å². The number of aromatic hydroxyl groups is 1. The van der Waals surface area contributed by atoms with E-state index in [1.807, 2.05) is 6.92 Å². The van der Waals surface area contributed by atoms with Crippen molar-refractivity contribution in [3.05, 3.63) is 89.0 Å². The third-order valence-electron chi connectivity index (χ3n) is 6.17. The first-order valence-electron chi connectivity index (χ1n) is 10.9. The molecule has 34 heavy (non-hydrogen) atoms. The zero-order valence-corrected chi connectivity index (χ0v) is 18.7. The maximum atomic E-state index is 13.3. The third kappa shape index (κ3) is 3.55. The molecule has 2 heterocycles. The van der Waals surface area contributed by atoms with Gasteiger partial charge in [0.1, 0.15) is 29.1 Å². The van der Waals surface area contributed by atoms with E-state index in [0.717, 1.165) is 11.3 Å². The van der Waals surface area contributed by atoms with Crippen molar-refractivity contribution in [2.45, 2.75) is 25.5 Å². The molecule has 2 aliphatic heterocycles. The van der Waals surface area contributed by atoms with Gasteiger partial charge < -0.3 is 19.7 Å². The quantitative estimate of drug-likeness (QED) is 0.344. The number of rotatable bonds is 4. The fraction of sp³-hybridized carbons (Fsp3) is 0.185. The molecule has 0 saturated carbocycles. The van der Waals surface area contributed by atoms with E-state index in [9.17, 15) is 19.8 Å². The lowest BCUT2D eigenvalue weighted by Gasteiger charge is -2.25. The summed E-state index contributed by atoms with van der Waals surface area (Å²) in [5, 5.41) is 21.1. The van der Waals surface area contributed by atoms with Gasteiger partial charge in [0.15, 0.2) is 0 Å². The first-order valence-corrected chi connectivity index (χ1v) is 10.9. The number of aliphatic hydroxyl groups excluding tert-OH is 1. The van der Waals surface area contributed by atoms with E-state index in [-0.39, 0.29) is 23.2 Å². The Hall–Kier alpha value is -4.26. The number of ketones is 1. The summed E-state index contributed by atoms with van der Waals surface area (Å²) in [6.07, 6.45) is 0.725. The molecule has 2 unspecified atom stereocenters. The van der Waals surface area contributed by atoms with Crippen molar-refractivity contribution in [3.8, 4) is 17.2 Å². The minimum absolute atomic E-state index is 0.0154. The van der Waals surface area contributed by atoms with Gasteiger partial charge in [-0.25, -0.2) is 0 Å². The molecule has 0 aliphatic carbocycles. The molecule has 3 aromatic rings. The van der Waals surface area contributed by atoms with Crippen LogP contribution in [0, 0.1) is 0 Å². The number of anilines is 1. The van der Waals surface area contributed by atoms with Crippen LogP contribution in [-0.2, 0) is 16.0 Å². The number of phenols is 1. The van der Waals surface area contributed by atoms with Crippen molar-refractivity contribution in [2.75, 3.05) is 12.0 Å². The lowest BCUT2D eigenvalue weighted by atomic mass is 9.94. The molecule has 2 atom stereocenters. The number of phenolic OH excluding ortho intramolecular Hbond substituents is 1. The van der Waals surface area contributed by atoms with E-state index in [2.05, 4.69) is 0 Å².